The van der Waals surface area contributed by atoms with Crippen molar-refractivity contribution in [2.75, 3.05) is 4.90 Å². The lowest BCUT2D eigenvalue weighted by Gasteiger charge is -2.26. The van der Waals surface area contributed by atoms with E-state index in [1.54, 1.807) is 0 Å². The van der Waals surface area contributed by atoms with Crippen LogP contribution in [0.3, 0.4) is 0 Å². The Labute approximate surface area is 376 Å². The highest BCUT2D eigenvalue weighted by atomic mass is 16.3. The topological polar surface area (TPSA) is 20.8 Å². The molecule has 0 aliphatic heterocycles. The molecule has 0 unspecified atom stereocenters. The van der Waals surface area contributed by atoms with Crippen LogP contribution in [0.5, 0.6) is 0 Å². The second kappa shape index (κ2) is 15.0. The molecule has 0 radical (unpaired) electrons. The number of aromatic nitrogens is 1. The molecule has 0 saturated carbocycles. The summed E-state index contributed by atoms with van der Waals surface area (Å²) in [6.07, 6.45) is 0. The lowest BCUT2D eigenvalue weighted by atomic mass is 9.96. The molecule has 0 N–H and O–H groups in total. The molecule has 65 heavy (non-hydrogen) atoms. The van der Waals surface area contributed by atoms with Crippen molar-refractivity contribution in [3.63, 3.8) is 0 Å². The van der Waals surface area contributed by atoms with Crippen LogP contribution >= 0.6 is 0 Å². The standard InChI is InChI=1S/C62H40N2O/c1-3-16-41(17-4-1)45-20-13-22-47(38-45)63(49-36-37-54-53-26-10-12-31-58(53)65-59(54)40-49)48-23-14-21-46(39-48)42-32-34-43(35-33-42)50-28-15-29-56-60(44-18-5-2-6-19-44)62-55-27-8-7-24-51(55)52-25-9-11-30-57(52)64(62)61(50)56/h1-40H. The third kappa shape index (κ3) is 6.05. The lowest BCUT2D eigenvalue weighted by molar-refractivity contribution is 0.669. The van der Waals surface area contributed by atoms with Crippen LogP contribution in [0.2, 0.25) is 0 Å². The molecular formula is C62H40N2O. The molecule has 13 rings (SSSR count). The summed E-state index contributed by atoms with van der Waals surface area (Å²) < 4.78 is 8.95. The second-order valence-corrected chi connectivity index (χ2v) is 16.8. The summed E-state index contributed by atoms with van der Waals surface area (Å²) in [5, 5.41) is 7.23. The van der Waals surface area contributed by atoms with Gasteiger partial charge in [0.2, 0.25) is 0 Å². The summed E-state index contributed by atoms with van der Waals surface area (Å²) in [4.78, 5) is 2.34. The summed E-state index contributed by atoms with van der Waals surface area (Å²) in [6, 6.07) is 87.6. The number of anilines is 3. The van der Waals surface area contributed by atoms with Gasteiger partial charge in [-0.05, 0) is 87.3 Å². The molecule has 0 aliphatic rings. The molecule has 0 aliphatic carbocycles. The normalized spacial score (nSPS) is 11.7. The van der Waals surface area contributed by atoms with Gasteiger partial charge in [0.1, 0.15) is 11.2 Å². The molecule has 3 aromatic heterocycles. The minimum Gasteiger partial charge on any atom is -0.456 e. The fourth-order valence-electron chi connectivity index (χ4n) is 10.2. The van der Waals surface area contributed by atoms with E-state index in [0.29, 0.717) is 0 Å². The van der Waals surface area contributed by atoms with E-state index in [1.165, 1.54) is 65.9 Å². The minimum atomic E-state index is 0.863. The molecule has 0 bridgehead atoms. The van der Waals surface area contributed by atoms with Crippen molar-refractivity contribution >= 4 is 77.1 Å². The molecule has 0 fully saturated rings. The zero-order chi connectivity index (χ0) is 42.8. The van der Waals surface area contributed by atoms with E-state index in [2.05, 4.69) is 240 Å². The van der Waals surface area contributed by atoms with E-state index in [1.807, 2.05) is 12.1 Å². The quantitative estimate of drug-likeness (QED) is 0.149. The number of fused-ring (bicyclic) bond motifs is 11. The maximum absolute atomic E-state index is 6.43. The maximum Gasteiger partial charge on any atom is 0.137 e. The zero-order valence-electron chi connectivity index (χ0n) is 35.4. The zero-order valence-corrected chi connectivity index (χ0v) is 35.4. The van der Waals surface area contributed by atoms with E-state index in [-0.39, 0.29) is 0 Å². The van der Waals surface area contributed by atoms with Crippen LogP contribution < -0.4 is 4.90 Å². The van der Waals surface area contributed by atoms with E-state index >= 15 is 0 Å². The van der Waals surface area contributed by atoms with Crippen LogP contribution in [0.15, 0.2) is 247 Å². The Bertz CT molecular complexity index is 3940. The molecular weight excluding hydrogens is 789 g/mol. The van der Waals surface area contributed by atoms with Gasteiger partial charge in [-0.25, -0.2) is 0 Å². The van der Waals surface area contributed by atoms with Crippen LogP contribution in [-0.4, -0.2) is 4.40 Å². The summed E-state index contributed by atoms with van der Waals surface area (Å²) in [7, 11) is 0. The van der Waals surface area contributed by atoms with Crippen molar-refractivity contribution < 1.29 is 4.42 Å². The van der Waals surface area contributed by atoms with Crippen LogP contribution in [0.25, 0.3) is 105 Å². The summed E-state index contributed by atoms with van der Waals surface area (Å²) >= 11 is 0. The van der Waals surface area contributed by atoms with E-state index < -0.39 is 0 Å². The minimum absolute atomic E-state index is 0.863. The van der Waals surface area contributed by atoms with Crippen molar-refractivity contribution in [3.05, 3.63) is 243 Å². The first-order valence-corrected chi connectivity index (χ1v) is 22.2. The van der Waals surface area contributed by atoms with Crippen molar-refractivity contribution in [2.24, 2.45) is 0 Å². The van der Waals surface area contributed by atoms with Crippen LogP contribution in [0.4, 0.5) is 17.1 Å². The van der Waals surface area contributed by atoms with Crippen LogP contribution in [0, 0.1) is 0 Å². The molecule has 0 atom stereocenters. The summed E-state index contributed by atoms with van der Waals surface area (Å²) in [5.74, 6) is 0. The molecule has 13 aromatic rings. The Morgan fingerprint density at radius 2 is 0.815 bits per heavy atom. The molecule has 0 spiro atoms. The number of pyridine rings is 1. The van der Waals surface area contributed by atoms with E-state index in [4.69, 9.17) is 4.42 Å². The highest BCUT2D eigenvalue weighted by Gasteiger charge is 2.22. The van der Waals surface area contributed by atoms with Crippen molar-refractivity contribution in [3.8, 4) is 44.5 Å². The average molecular weight is 829 g/mol. The van der Waals surface area contributed by atoms with Gasteiger partial charge in [0.25, 0.3) is 0 Å². The molecule has 0 saturated heterocycles. The van der Waals surface area contributed by atoms with Gasteiger partial charge in [-0.15, -0.1) is 0 Å². The highest BCUT2D eigenvalue weighted by Crippen LogP contribution is 2.46. The first-order chi connectivity index (χ1) is 32.2. The maximum atomic E-state index is 6.43. The Morgan fingerprint density at radius 1 is 0.292 bits per heavy atom. The van der Waals surface area contributed by atoms with Gasteiger partial charge in [-0.1, -0.05) is 188 Å². The fraction of sp³-hybridized carbons (Fsp3) is 0. The smallest absolute Gasteiger partial charge is 0.137 e. The number of para-hydroxylation sites is 3. The summed E-state index contributed by atoms with van der Waals surface area (Å²) in [6.45, 7) is 0. The number of hydrogen-bond donors (Lipinski definition) is 0. The molecule has 10 aromatic carbocycles. The van der Waals surface area contributed by atoms with Gasteiger partial charge < -0.3 is 13.7 Å². The third-order valence-electron chi connectivity index (χ3n) is 13.1. The molecule has 304 valence electrons. The molecule has 3 nitrogen and oxygen atoms in total. The van der Waals surface area contributed by atoms with Crippen LogP contribution in [0.1, 0.15) is 0 Å². The molecule has 3 heterocycles. The highest BCUT2D eigenvalue weighted by molar-refractivity contribution is 6.23. The Balaban J connectivity index is 0.954. The second-order valence-electron chi connectivity index (χ2n) is 16.8. The molecule has 3 heteroatoms. The van der Waals surface area contributed by atoms with Crippen molar-refractivity contribution in [1.29, 1.82) is 0 Å². The summed E-state index contributed by atoms with van der Waals surface area (Å²) in [5.41, 5.74) is 18.0. The number of nitrogens with zero attached hydrogens (tertiary/aromatic N) is 2. The predicted molar refractivity (Wildman–Crippen MR) is 274 cm³/mol. The first-order valence-electron chi connectivity index (χ1n) is 22.2. The number of benzene rings is 10. The fourth-order valence-corrected chi connectivity index (χ4v) is 10.2. The first kappa shape index (κ1) is 36.9. The van der Waals surface area contributed by atoms with Gasteiger partial charge in [-0.2, -0.15) is 0 Å². The van der Waals surface area contributed by atoms with Gasteiger partial charge in [0, 0.05) is 61.2 Å². The lowest BCUT2D eigenvalue weighted by Crippen LogP contribution is -2.10. The largest absolute Gasteiger partial charge is 0.456 e. The predicted octanol–water partition coefficient (Wildman–Crippen LogP) is 17.4. The van der Waals surface area contributed by atoms with Gasteiger partial charge in [0.15, 0.2) is 0 Å². The van der Waals surface area contributed by atoms with Crippen molar-refractivity contribution in [1.82, 2.24) is 4.40 Å². The third-order valence-corrected chi connectivity index (χ3v) is 13.1. The molecule has 0 amide bonds. The van der Waals surface area contributed by atoms with Gasteiger partial charge in [-0.3, -0.25) is 0 Å². The van der Waals surface area contributed by atoms with Gasteiger partial charge in [0.05, 0.1) is 16.6 Å². The Kier molecular flexibility index (Phi) is 8.53. The number of hydrogen-bond acceptors (Lipinski definition) is 2. The van der Waals surface area contributed by atoms with E-state index in [9.17, 15) is 0 Å². The number of rotatable bonds is 7. The Morgan fingerprint density at radius 3 is 1.55 bits per heavy atom. The Hall–Kier alpha value is -8.66. The number of furan rings is 1. The SMILES string of the molecule is c1ccc(-c2cccc(N(c3cccc(-c4ccc(-c5cccc6c(-c7ccccc7)c7c8ccccc8c8ccccc8n7c56)cc4)c3)c3ccc4c(c3)oc3ccccc34)c2)cc1. The van der Waals surface area contributed by atoms with Gasteiger partial charge >= 0.3 is 0 Å². The average Bonchev–Trinajstić information content (AvgIpc) is 3.94. The van der Waals surface area contributed by atoms with Crippen LogP contribution in [-0.2, 0) is 0 Å². The van der Waals surface area contributed by atoms with E-state index in [0.717, 1.165) is 55.7 Å². The van der Waals surface area contributed by atoms with Crippen molar-refractivity contribution in [2.45, 2.75) is 0 Å². The monoisotopic (exact) mass is 828 g/mol.